The van der Waals surface area contributed by atoms with Gasteiger partial charge in [-0.25, -0.2) is 4.39 Å². The van der Waals surface area contributed by atoms with E-state index in [0.29, 0.717) is 23.2 Å². The second kappa shape index (κ2) is 9.59. The molecule has 5 nitrogen and oxygen atoms in total. The molecule has 0 radical (unpaired) electrons. The van der Waals surface area contributed by atoms with Crippen molar-refractivity contribution in [3.63, 3.8) is 0 Å². The number of benzene rings is 2. The third kappa shape index (κ3) is 5.48. The van der Waals surface area contributed by atoms with Crippen molar-refractivity contribution in [2.75, 3.05) is 11.9 Å². The molecule has 0 bridgehead atoms. The van der Waals surface area contributed by atoms with Gasteiger partial charge in [0.05, 0.1) is 0 Å². The molecule has 0 unspecified atom stereocenters. The average Bonchev–Trinajstić information content (AvgIpc) is 2.75. The predicted molar refractivity (Wildman–Crippen MR) is 110 cm³/mol. The van der Waals surface area contributed by atoms with Crippen molar-refractivity contribution < 1.29 is 14.0 Å². The van der Waals surface area contributed by atoms with E-state index in [1.54, 1.807) is 18.2 Å². The van der Waals surface area contributed by atoms with E-state index in [1.807, 2.05) is 24.3 Å². The fourth-order valence-corrected chi connectivity index (χ4v) is 2.83. The van der Waals surface area contributed by atoms with Crippen LogP contribution in [0.15, 0.2) is 66.9 Å². The molecule has 29 heavy (non-hydrogen) atoms. The van der Waals surface area contributed by atoms with E-state index in [4.69, 9.17) is 0 Å². The lowest BCUT2D eigenvalue weighted by atomic mass is 10.1. The van der Waals surface area contributed by atoms with Crippen LogP contribution in [0.2, 0.25) is 0 Å². The zero-order chi connectivity index (χ0) is 20.6. The van der Waals surface area contributed by atoms with Crippen LogP contribution in [0.1, 0.15) is 38.9 Å². The largest absolute Gasteiger partial charge is 0.352 e. The summed E-state index contributed by atoms with van der Waals surface area (Å²) in [6, 6.07) is 17.0. The molecule has 0 spiro atoms. The maximum atomic E-state index is 13.6. The van der Waals surface area contributed by atoms with Gasteiger partial charge in [-0.05, 0) is 54.3 Å². The van der Waals surface area contributed by atoms with Gasteiger partial charge in [0, 0.05) is 24.0 Å². The topological polar surface area (TPSA) is 71.1 Å². The summed E-state index contributed by atoms with van der Waals surface area (Å²) in [6.45, 7) is 2.35. The highest BCUT2D eigenvalue weighted by Gasteiger charge is 2.12. The van der Waals surface area contributed by atoms with Crippen LogP contribution < -0.4 is 10.6 Å². The SMILES string of the molecule is CCc1ccc(NC(=O)c2cc(C(=O)NCCc3ccccc3F)ccn2)cc1. The van der Waals surface area contributed by atoms with E-state index in [2.05, 4.69) is 22.5 Å². The summed E-state index contributed by atoms with van der Waals surface area (Å²) in [5.74, 6) is -1.03. The molecule has 0 aliphatic rings. The molecule has 0 atom stereocenters. The van der Waals surface area contributed by atoms with Crippen LogP contribution in [0.3, 0.4) is 0 Å². The van der Waals surface area contributed by atoms with Crippen LogP contribution in [0, 0.1) is 5.82 Å². The molecule has 2 amide bonds. The third-order valence-corrected chi connectivity index (χ3v) is 4.51. The molecule has 2 N–H and O–H groups in total. The van der Waals surface area contributed by atoms with Gasteiger partial charge >= 0.3 is 0 Å². The summed E-state index contributed by atoms with van der Waals surface area (Å²) in [5, 5.41) is 5.51. The number of amides is 2. The van der Waals surface area contributed by atoms with E-state index in [1.165, 1.54) is 30.0 Å². The monoisotopic (exact) mass is 391 g/mol. The van der Waals surface area contributed by atoms with Crippen LogP contribution >= 0.6 is 0 Å². The van der Waals surface area contributed by atoms with E-state index in [0.717, 1.165) is 6.42 Å². The lowest BCUT2D eigenvalue weighted by Crippen LogP contribution is -2.26. The molecule has 6 heteroatoms. The molecular weight excluding hydrogens is 369 g/mol. The highest BCUT2D eigenvalue weighted by molar-refractivity contribution is 6.04. The quantitative estimate of drug-likeness (QED) is 0.639. The average molecular weight is 391 g/mol. The Labute approximate surface area is 169 Å². The van der Waals surface area contributed by atoms with Crippen molar-refractivity contribution in [3.05, 3.63) is 95.1 Å². The van der Waals surface area contributed by atoms with Gasteiger partial charge in [-0.1, -0.05) is 37.3 Å². The summed E-state index contributed by atoms with van der Waals surface area (Å²) in [5.41, 5.74) is 2.84. The number of pyridine rings is 1. The van der Waals surface area contributed by atoms with Crippen LogP contribution in [0.5, 0.6) is 0 Å². The molecule has 1 heterocycles. The first-order valence-electron chi connectivity index (χ1n) is 9.44. The van der Waals surface area contributed by atoms with E-state index >= 15 is 0 Å². The molecule has 0 fully saturated rings. The highest BCUT2D eigenvalue weighted by atomic mass is 19.1. The molecule has 3 rings (SSSR count). The number of nitrogens with one attached hydrogen (secondary N) is 2. The summed E-state index contributed by atoms with van der Waals surface area (Å²) >= 11 is 0. The fourth-order valence-electron chi connectivity index (χ4n) is 2.83. The van der Waals surface area contributed by atoms with Crippen molar-refractivity contribution in [1.82, 2.24) is 10.3 Å². The molecule has 1 aromatic heterocycles. The first-order chi connectivity index (χ1) is 14.1. The minimum absolute atomic E-state index is 0.145. The Bertz CT molecular complexity index is 1000. The number of nitrogens with zero attached hydrogens (tertiary/aromatic N) is 1. The molecular formula is C23H22FN3O2. The third-order valence-electron chi connectivity index (χ3n) is 4.51. The number of aromatic nitrogens is 1. The fraction of sp³-hybridized carbons (Fsp3) is 0.174. The number of carbonyl (C=O) groups is 2. The van der Waals surface area contributed by atoms with Crippen LogP contribution in [-0.4, -0.2) is 23.3 Å². The van der Waals surface area contributed by atoms with Crippen molar-refractivity contribution in [2.24, 2.45) is 0 Å². The first-order valence-corrected chi connectivity index (χ1v) is 9.44. The zero-order valence-corrected chi connectivity index (χ0v) is 16.1. The summed E-state index contributed by atoms with van der Waals surface area (Å²) < 4.78 is 13.6. The predicted octanol–water partition coefficient (Wildman–Crippen LogP) is 4.01. The van der Waals surface area contributed by atoms with Crippen molar-refractivity contribution in [2.45, 2.75) is 19.8 Å². The molecule has 0 saturated heterocycles. The molecule has 2 aromatic carbocycles. The number of hydrogen-bond donors (Lipinski definition) is 2. The molecule has 3 aromatic rings. The number of halogens is 1. The van der Waals surface area contributed by atoms with Gasteiger partial charge in [0.1, 0.15) is 11.5 Å². The molecule has 0 aliphatic heterocycles. The van der Waals surface area contributed by atoms with Crippen molar-refractivity contribution in [3.8, 4) is 0 Å². The van der Waals surface area contributed by atoms with Gasteiger partial charge in [0.2, 0.25) is 0 Å². The summed E-state index contributed by atoms with van der Waals surface area (Å²) in [4.78, 5) is 28.8. The van der Waals surface area contributed by atoms with Crippen molar-refractivity contribution in [1.29, 1.82) is 0 Å². The van der Waals surface area contributed by atoms with Gasteiger partial charge in [-0.2, -0.15) is 0 Å². The zero-order valence-electron chi connectivity index (χ0n) is 16.1. The number of rotatable bonds is 7. The number of hydrogen-bond acceptors (Lipinski definition) is 3. The Balaban J connectivity index is 1.59. The van der Waals surface area contributed by atoms with Gasteiger partial charge in [-0.3, -0.25) is 14.6 Å². The lowest BCUT2D eigenvalue weighted by Gasteiger charge is -2.08. The van der Waals surface area contributed by atoms with Crippen molar-refractivity contribution >= 4 is 17.5 Å². The summed E-state index contributed by atoms with van der Waals surface area (Å²) in [7, 11) is 0. The second-order valence-corrected chi connectivity index (χ2v) is 6.53. The van der Waals surface area contributed by atoms with Crippen LogP contribution in [-0.2, 0) is 12.8 Å². The minimum Gasteiger partial charge on any atom is -0.352 e. The molecule has 0 aliphatic carbocycles. The van der Waals surface area contributed by atoms with Crippen LogP contribution in [0.25, 0.3) is 0 Å². The Kier molecular flexibility index (Phi) is 6.68. The Morgan fingerprint density at radius 2 is 1.76 bits per heavy atom. The minimum atomic E-state index is -0.393. The lowest BCUT2D eigenvalue weighted by molar-refractivity contribution is 0.0954. The Morgan fingerprint density at radius 1 is 1.00 bits per heavy atom. The Hall–Kier alpha value is -3.54. The van der Waals surface area contributed by atoms with Gasteiger partial charge in [-0.15, -0.1) is 0 Å². The maximum absolute atomic E-state index is 13.6. The standard InChI is InChI=1S/C23H22FN3O2/c1-2-16-7-9-19(10-8-16)27-23(29)21-15-18(12-13-25-21)22(28)26-14-11-17-5-3-4-6-20(17)24/h3-10,12-13,15H,2,11,14H2,1H3,(H,26,28)(H,27,29). The van der Waals surface area contributed by atoms with Gasteiger partial charge in [0.15, 0.2) is 0 Å². The maximum Gasteiger partial charge on any atom is 0.274 e. The smallest absolute Gasteiger partial charge is 0.274 e. The van der Waals surface area contributed by atoms with E-state index in [-0.39, 0.29) is 24.0 Å². The second-order valence-electron chi connectivity index (χ2n) is 6.53. The molecule has 0 saturated carbocycles. The first kappa shape index (κ1) is 20.2. The number of carbonyl (C=O) groups excluding carboxylic acids is 2. The Morgan fingerprint density at radius 3 is 2.48 bits per heavy atom. The number of aryl methyl sites for hydroxylation is 1. The van der Waals surface area contributed by atoms with E-state index in [9.17, 15) is 14.0 Å². The van der Waals surface area contributed by atoms with Gasteiger partial charge in [0.25, 0.3) is 11.8 Å². The van der Waals surface area contributed by atoms with Gasteiger partial charge < -0.3 is 10.6 Å². The normalized spacial score (nSPS) is 10.4. The molecule has 148 valence electrons. The summed E-state index contributed by atoms with van der Waals surface area (Å²) in [6.07, 6.45) is 2.72. The van der Waals surface area contributed by atoms with E-state index < -0.39 is 5.91 Å². The van der Waals surface area contributed by atoms with Crippen LogP contribution in [0.4, 0.5) is 10.1 Å². The highest BCUT2D eigenvalue weighted by Crippen LogP contribution is 2.12. The number of anilines is 1.